The van der Waals surface area contributed by atoms with E-state index in [1.54, 1.807) is 19.2 Å². The van der Waals surface area contributed by atoms with Crippen LogP contribution in [0.1, 0.15) is 29.0 Å². The molecule has 0 aliphatic carbocycles. The van der Waals surface area contributed by atoms with Gasteiger partial charge in [-0.05, 0) is 25.8 Å². The molecule has 0 aromatic carbocycles. The first-order valence-electron chi connectivity index (χ1n) is 7.17. The molecule has 116 valence electrons. The molecule has 0 bridgehead atoms. The summed E-state index contributed by atoms with van der Waals surface area (Å²) >= 11 is 0. The van der Waals surface area contributed by atoms with Crippen LogP contribution >= 0.6 is 0 Å². The van der Waals surface area contributed by atoms with Gasteiger partial charge in [0.1, 0.15) is 11.4 Å². The number of nitrogens with two attached hydrogens (primary N) is 1. The molecule has 8 nitrogen and oxygen atoms in total. The third-order valence-electron chi connectivity index (χ3n) is 3.57. The maximum atomic E-state index is 11.3. The van der Waals surface area contributed by atoms with E-state index in [0.717, 1.165) is 26.1 Å². The molecule has 2 aromatic heterocycles. The molecule has 0 atom stereocenters. The standard InChI is InChI=1S/C14H18N6O2/c1-8-11(12(15)21)20-13(17-8)10-2-5-16-14(19-10)18-9-3-6-22-7-4-9/h2,5,9H,3-4,6-7H2,1H3,(H2,15,21)(H,17,20)(H,16,18,19). The van der Waals surface area contributed by atoms with Gasteiger partial charge < -0.3 is 20.8 Å². The Morgan fingerprint density at radius 3 is 2.86 bits per heavy atom. The van der Waals surface area contributed by atoms with E-state index in [4.69, 9.17) is 10.5 Å². The number of rotatable bonds is 4. The van der Waals surface area contributed by atoms with Crippen LogP contribution in [0.3, 0.4) is 0 Å². The van der Waals surface area contributed by atoms with Crippen LogP contribution < -0.4 is 11.1 Å². The monoisotopic (exact) mass is 302 g/mol. The van der Waals surface area contributed by atoms with E-state index in [1.165, 1.54) is 0 Å². The van der Waals surface area contributed by atoms with E-state index in [9.17, 15) is 4.79 Å². The van der Waals surface area contributed by atoms with Crippen molar-refractivity contribution in [2.75, 3.05) is 18.5 Å². The van der Waals surface area contributed by atoms with E-state index in [1.807, 2.05) is 0 Å². The number of aromatic amines is 1. The molecule has 0 radical (unpaired) electrons. The van der Waals surface area contributed by atoms with E-state index in [2.05, 4.69) is 25.3 Å². The molecule has 3 rings (SSSR count). The number of imidazole rings is 1. The number of carbonyl (C=O) groups excluding carboxylic acids is 1. The van der Waals surface area contributed by atoms with Crippen molar-refractivity contribution in [1.29, 1.82) is 0 Å². The summed E-state index contributed by atoms with van der Waals surface area (Å²) in [4.78, 5) is 27.2. The van der Waals surface area contributed by atoms with Gasteiger partial charge in [0.05, 0.1) is 0 Å². The molecule has 2 aromatic rings. The highest BCUT2D eigenvalue weighted by atomic mass is 16.5. The van der Waals surface area contributed by atoms with Crippen LogP contribution in [0.5, 0.6) is 0 Å². The Labute approximate surface area is 127 Å². The smallest absolute Gasteiger partial charge is 0.269 e. The zero-order valence-corrected chi connectivity index (χ0v) is 12.3. The quantitative estimate of drug-likeness (QED) is 0.771. The number of hydrogen-bond acceptors (Lipinski definition) is 6. The molecule has 0 unspecified atom stereocenters. The lowest BCUT2D eigenvalue weighted by Crippen LogP contribution is -2.28. The molecule has 3 heterocycles. The van der Waals surface area contributed by atoms with Crippen molar-refractivity contribution in [3.8, 4) is 11.5 Å². The molecule has 1 fully saturated rings. The molecule has 8 heteroatoms. The first kappa shape index (κ1) is 14.5. The van der Waals surface area contributed by atoms with Gasteiger partial charge in [-0.25, -0.2) is 15.0 Å². The molecule has 1 aliphatic heterocycles. The number of aryl methyl sites for hydroxylation is 1. The topological polar surface area (TPSA) is 119 Å². The summed E-state index contributed by atoms with van der Waals surface area (Å²) in [6.07, 6.45) is 3.52. The fourth-order valence-electron chi connectivity index (χ4n) is 2.41. The van der Waals surface area contributed by atoms with E-state index in [0.29, 0.717) is 29.2 Å². The maximum Gasteiger partial charge on any atom is 0.269 e. The molecule has 0 saturated carbocycles. The number of H-pyrrole nitrogens is 1. The molecule has 1 amide bonds. The molecular weight excluding hydrogens is 284 g/mol. The molecule has 4 N–H and O–H groups in total. The number of nitrogens with zero attached hydrogens (tertiary/aromatic N) is 3. The van der Waals surface area contributed by atoms with Crippen molar-refractivity contribution in [2.24, 2.45) is 5.73 Å². The van der Waals surface area contributed by atoms with Crippen molar-refractivity contribution in [2.45, 2.75) is 25.8 Å². The SMILES string of the molecule is Cc1[nH]c(-c2ccnc(NC3CCOCC3)n2)nc1C(N)=O. The fourth-order valence-corrected chi connectivity index (χ4v) is 2.41. The van der Waals surface area contributed by atoms with Gasteiger partial charge in [-0.15, -0.1) is 0 Å². The van der Waals surface area contributed by atoms with E-state index in [-0.39, 0.29) is 5.69 Å². The minimum Gasteiger partial charge on any atom is -0.381 e. The van der Waals surface area contributed by atoms with Crippen molar-refractivity contribution in [3.05, 3.63) is 23.7 Å². The van der Waals surface area contributed by atoms with Crippen molar-refractivity contribution in [1.82, 2.24) is 19.9 Å². The normalized spacial score (nSPS) is 15.7. The van der Waals surface area contributed by atoms with Gasteiger partial charge in [-0.3, -0.25) is 4.79 Å². The van der Waals surface area contributed by atoms with Crippen molar-refractivity contribution >= 4 is 11.9 Å². The van der Waals surface area contributed by atoms with Gasteiger partial charge in [0.2, 0.25) is 5.95 Å². The van der Waals surface area contributed by atoms with Crippen LogP contribution in [0.2, 0.25) is 0 Å². The van der Waals surface area contributed by atoms with Gasteiger partial charge in [0.15, 0.2) is 5.82 Å². The number of anilines is 1. The summed E-state index contributed by atoms with van der Waals surface area (Å²) < 4.78 is 5.33. The lowest BCUT2D eigenvalue weighted by Gasteiger charge is -2.23. The van der Waals surface area contributed by atoms with Gasteiger partial charge in [0, 0.05) is 31.1 Å². The Hall–Kier alpha value is -2.48. The van der Waals surface area contributed by atoms with Crippen LogP contribution in [0.25, 0.3) is 11.5 Å². The average Bonchev–Trinajstić information content (AvgIpc) is 2.91. The number of ether oxygens (including phenoxy) is 1. The number of amides is 1. The second-order valence-corrected chi connectivity index (χ2v) is 5.22. The third kappa shape index (κ3) is 3.06. The molecule has 22 heavy (non-hydrogen) atoms. The number of hydrogen-bond donors (Lipinski definition) is 3. The minimum absolute atomic E-state index is 0.229. The number of aromatic nitrogens is 4. The van der Waals surface area contributed by atoms with E-state index < -0.39 is 5.91 Å². The van der Waals surface area contributed by atoms with Crippen LogP contribution in [0, 0.1) is 6.92 Å². The molecule has 0 spiro atoms. The Bertz CT molecular complexity index is 678. The Balaban J connectivity index is 1.81. The minimum atomic E-state index is -0.561. The zero-order valence-electron chi connectivity index (χ0n) is 12.3. The first-order valence-corrected chi connectivity index (χ1v) is 7.17. The molecule has 1 aliphatic rings. The van der Waals surface area contributed by atoms with Crippen LogP contribution in [0.4, 0.5) is 5.95 Å². The summed E-state index contributed by atoms with van der Waals surface area (Å²) in [6.45, 7) is 3.24. The second kappa shape index (κ2) is 6.10. The first-order chi connectivity index (χ1) is 10.6. The third-order valence-corrected chi connectivity index (χ3v) is 3.57. The van der Waals surface area contributed by atoms with Crippen LogP contribution in [0.15, 0.2) is 12.3 Å². The van der Waals surface area contributed by atoms with E-state index >= 15 is 0 Å². The highest BCUT2D eigenvalue weighted by Crippen LogP contribution is 2.18. The summed E-state index contributed by atoms with van der Waals surface area (Å²) in [7, 11) is 0. The summed E-state index contributed by atoms with van der Waals surface area (Å²) in [5, 5.41) is 3.30. The molecule has 1 saturated heterocycles. The van der Waals surface area contributed by atoms with Crippen molar-refractivity contribution < 1.29 is 9.53 Å². The number of primary amides is 1. The van der Waals surface area contributed by atoms with Crippen molar-refractivity contribution in [3.63, 3.8) is 0 Å². The Morgan fingerprint density at radius 2 is 2.18 bits per heavy atom. The van der Waals surface area contributed by atoms with Crippen LogP contribution in [-0.4, -0.2) is 45.1 Å². The summed E-state index contributed by atoms with van der Waals surface area (Å²) in [6, 6.07) is 2.04. The Kier molecular flexibility index (Phi) is 4.01. The predicted octanol–water partition coefficient (Wildman–Crippen LogP) is 0.865. The second-order valence-electron chi connectivity index (χ2n) is 5.22. The van der Waals surface area contributed by atoms with Gasteiger partial charge >= 0.3 is 0 Å². The largest absolute Gasteiger partial charge is 0.381 e. The Morgan fingerprint density at radius 1 is 1.41 bits per heavy atom. The lowest BCUT2D eigenvalue weighted by atomic mass is 10.1. The fraction of sp³-hybridized carbons (Fsp3) is 0.429. The summed E-state index contributed by atoms with van der Waals surface area (Å²) in [5.74, 6) is 0.484. The van der Waals surface area contributed by atoms with Gasteiger partial charge in [-0.2, -0.15) is 0 Å². The highest BCUT2D eigenvalue weighted by Gasteiger charge is 2.16. The number of carbonyl (C=O) groups is 1. The molecular formula is C14H18N6O2. The average molecular weight is 302 g/mol. The number of nitrogens with one attached hydrogen (secondary N) is 2. The zero-order chi connectivity index (χ0) is 15.5. The highest BCUT2D eigenvalue weighted by molar-refractivity contribution is 5.92. The van der Waals surface area contributed by atoms with Gasteiger partial charge in [-0.1, -0.05) is 0 Å². The summed E-state index contributed by atoms with van der Waals surface area (Å²) in [5.41, 5.74) is 6.75. The van der Waals surface area contributed by atoms with Crippen LogP contribution in [-0.2, 0) is 4.74 Å². The maximum absolute atomic E-state index is 11.3. The predicted molar refractivity (Wildman–Crippen MR) is 80.3 cm³/mol. The van der Waals surface area contributed by atoms with Gasteiger partial charge in [0.25, 0.3) is 5.91 Å². The lowest BCUT2D eigenvalue weighted by molar-refractivity contribution is 0.0903.